The van der Waals surface area contributed by atoms with Crippen LogP contribution in [0.25, 0.3) is 76.2 Å². The van der Waals surface area contributed by atoms with Crippen LogP contribution in [0.2, 0.25) is 0 Å². The molecule has 0 saturated carbocycles. The van der Waals surface area contributed by atoms with Crippen LogP contribution in [0, 0.1) is 0 Å². The number of hydrogen-bond donors (Lipinski definition) is 0. The molecule has 0 amide bonds. The standard InChI is InChI=1S/C50H38N2S/c1-5-33(30-44-32(2)39-16-9-11-20-43(39)50(44,3)4)45-31-46(52-49(51-45)38-14-7-6-8-15-38)37-28-24-35(25-29-37)34-22-26-36(27-23-34)40-18-13-19-42-41-17-10-12-21-47(41)53-48(40)42/h5-31H,1H2,2-4H3/b33-30+. The summed E-state index contributed by atoms with van der Waals surface area (Å²) in [4.78, 5) is 10.2. The number of thiophene rings is 1. The Bertz CT molecular complexity index is 2740. The van der Waals surface area contributed by atoms with Gasteiger partial charge in [0.1, 0.15) is 0 Å². The fraction of sp³-hybridized carbons (Fsp3) is 0.0800. The van der Waals surface area contributed by atoms with E-state index in [4.69, 9.17) is 9.97 Å². The first-order valence-corrected chi connectivity index (χ1v) is 18.9. The predicted octanol–water partition coefficient (Wildman–Crippen LogP) is 13.8. The summed E-state index contributed by atoms with van der Waals surface area (Å²) in [5, 5.41) is 2.65. The zero-order valence-corrected chi connectivity index (χ0v) is 30.9. The number of aromatic nitrogens is 2. The van der Waals surface area contributed by atoms with E-state index in [0.29, 0.717) is 5.82 Å². The van der Waals surface area contributed by atoms with Crippen molar-refractivity contribution in [2.75, 3.05) is 0 Å². The van der Waals surface area contributed by atoms with Crippen LogP contribution < -0.4 is 0 Å². The van der Waals surface area contributed by atoms with Gasteiger partial charge < -0.3 is 0 Å². The third-order valence-electron chi connectivity index (χ3n) is 10.8. The molecule has 0 unspecified atom stereocenters. The summed E-state index contributed by atoms with van der Waals surface area (Å²) in [5.74, 6) is 0.693. The van der Waals surface area contributed by atoms with Gasteiger partial charge in [-0.2, -0.15) is 0 Å². The summed E-state index contributed by atoms with van der Waals surface area (Å²) in [6.07, 6.45) is 4.20. The lowest BCUT2D eigenvalue weighted by molar-refractivity contribution is 0.654. The minimum atomic E-state index is -0.132. The van der Waals surface area contributed by atoms with Gasteiger partial charge in [-0.1, -0.05) is 166 Å². The van der Waals surface area contributed by atoms with E-state index in [1.807, 2.05) is 35.6 Å². The minimum Gasteiger partial charge on any atom is -0.228 e. The highest BCUT2D eigenvalue weighted by Crippen LogP contribution is 2.47. The van der Waals surface area contributed by atoms with Crippen molar-refractivity contribution in [3.05, 3.63) is 193 Å². The van der Waals surface area contributed by atoms with Crippen molar-refractivity contribution in [2.24, 2.45) is 0 Å². The lowest BCUT2D eigenvalue weighted by Crippen LogP contribution is -2.16. The molecule has 0 bridgehead atoms. The normalized spacial score (nSPS) is 13.8. The predicted molar refractivity (Wildman–Crippen MR) is 227 cm³/mol. The smallest absolute Gasteiger partial charge is 0.160 e. The van der Waals surface area contributed by atoms with Crippen molar-refractivity contribution < 1.29 is 0 Å². The van der Waals surface area contributed by atoms with E-state index in [0.717, 1.165) is 33.7 Å². The largest absolute Gasteiger partial charge is 0.228 e. The van der Waals surface area contributed by atoms with E-state index in [-0.39, 0.29) is 5.41 Å². The molecule has 0 fully saturated rings. The molecule has 0 spiro atoms. The van der Waals surface area contributed by atoms with Crippen LogP contribution in [0.3, 0.4) is 0 Å². The first-order valence-electron chi connectivity index (χ1n) is 18.1. The molecule has 1 aliphatic carbocycles. The maximum absolute atomic E-state index is 5.12. The van der Waals surface area contributed by atoms with Crippen molar-refractivity contribution in [2.45, 2.75) is 26.2 Å². The maximum Gasteiger partial charge on any atom is 0.160 e. The third-order valence-corrected chi connectivity index (χ3v) is 12.0. The van der Waals surface area contributed by atoms with Crippen molar-refractivity contribution in [1.29, 1.82) is 0 Å². The van der Waals surface area contributed by atoms with Crippen LogP contribution in [0.15, 0.2) is 176 Å². The zero-order chi connectivity index (χ0) is 36.1. The Hall–Kier alpha value is -6.16. The SMILES string of the molecule is C=C/C(=C\C1=C(C)c2ccccc2C1(C)C)c1cc(-c2ccc(-c3ccc(-c4cccc5c4sc4ccccc45)cc3)cc2)nc(-c2ccccc2)n1. The van der Waals surface area contributed by atoms with E-state index in [1.54, 1.807) is 0 Å². The first kappa shape index (κ1) is 32.7. The molecular weight excluding hydrogens is 661 g/mol. The average molecular weight is 699 g/mol. The van der Waals surface area contributed by atoms with Gasteiger partial charge in [0.15, 0.2) is 5.82 Å². The molecule has 8 aromatic rings. The maximum atomic E-state index is 5.12. The Labute approximate surface area is 315 Å². The number of benzene rings is 6. The second-order valence-electron chi connectivity index (χ2n) is 14.3. The Morgan fingerprint density at radius 3 is 1.96 bits per heavy atom. The Morgan fingerprint density at radius 1 is 0.604 bits per heavy atom. The minimum absolute atomic E-state index is 0.132. The second-order valence-corrected chi connectivity index (χ2v) is 15.3. The van der Waals surface area contributed by atoms with Crippen molar-refractivity contribution >= 4 is 42.7 Å². The monoisotopic (exact) mass is 698 g/mol. The van der Waals surface area contributed by atoms with Gasteiger partial charge >= 0.3 is 0 Å². The van der Waals surface area contributed by atoms with Crippen LogP contribution >= 0.6 is 11.3 Å². The topological polar surface area (TPSA) is 25.8 Å². The third kappa shape index (κ3) is 5.74. The molecule has 0 radical (unpaired) electrons. The molecule has 254 valence electrons. The summed E-state index contributed by atoms with van der Waals surface area (Å²) in [6.45, 7) is 11.1. The summed E-state index contributed by atoms with van der Waals surface area (Å²) < 4.78 is 2.66. The average Bonchev–Trinajstić information content (AvgIpc) is 3.68. The molecule has 2 heterocycles. The molecule has 9 rings (SSSR count). The number of fused-ring (bicyclic) bond motifs is 4. The highest BCUT2D eigenvalue weighted by Gasteiger charge is 2.34. The molecule has 0 N–H and O–H groups in total. The molecule has 53 heavy (non-hydrogen) atoms. The molecular formula is C50H38N2S. The molecule has 6 aromatic carbocycles. The fourth-order valence-electron chi connectivity index (χ4n) is 7.91. The van der Waals surface area contributed by atoms with Gasteiger partial charge in [-0.05, 0) is 75.2 Å². The first-order chi connectivity index (χ1) is 25.9. The molecule has 0 saturated heterocycles. The Kier molecular flexibility index (Phi) is 8.10. The van der Waals surface area contributed by atoms with E-state index >= 15 is 0 Å². The van der Waals surface area contributed by atoms with Gasteiger partial charge in [0, 0.05) is 36.7 Å². The summed E-state index contributed by atoms with van der Waals surface area (Å²) >= 11 is 1.87. The quantitative estimate of drug-likeness (QED) is 0.155. The summed E-state index contributed by atoms with van der Waals surface area (Å²) in [7, 11) is 0. The van der Waals surface area contributed by atoms with E-state index < -0.39 is 0 Å². The number of allylic oxidation sites excluding steroid dienone is 5. The second kappa shape index (κ2) is 13.1. The van der Waals surface area contributed by atoms with E-state index in [2.05, 4.69) is 167 Å². The van der Waals surface area contributed by atoms with E-state index in [1.165, 1.54) is 59.1 Å². The zero-order valence-electron chi connectivity index (χ0n) is 30.1. The highest BCUT2D eigenvalue weighted by atomic mass is 32.1. The van der Waals surface area contributed by atoms with Crippen LogP contribution in [0.1, 0.15) is 37.6 Å². The van der Waals surface area contributed by atoms with Gasteiger partial charge in [0.25, 0.3) is 0 Å². The number of nitrogens with zero attached hydrogens (tertiary/aromatic N) is 2. The summed E-state index contributed by atoms with van der Waals surface area (Å²) in [6, 6.07) is 54.0. The van der Waals surface area contributed by atoms with Crippen molar-refractivity contribution in [3.63, 3.8) is 0 Å². The summed E-state index contributed by atoms with van der Waals surface area (Å²) in [5.41, 5.74) is 14.7. The Balaban J connectivity index is 1.06. The van der Waals surface area contributed by atoms with Crippen LogP contribution in [0.4, 0.5) is 0 Å². The fourth-order valence-corrected chi connectivity index (χ4v) is 9.14. The number of hydrogen-bond acceptors (Lipinski definition) is 3. The van der Waals surface area contributed by atoms with E-state index in [9.17, 15) is 0 Å². The highest BCUT2D eigenvalue weighted by molar-refractivity contribution is 7.26. The molecule has 3 heteroatoms. The molecule has 2 nitrogen and oxygen atoms in total. The van der Waals surface area contributed by atoms with Crippen LogP contribution in [0.5, 0.6) is 0 Å². The molecule has 0 atom stereocenters. The van der Waals surface area contributed by atoms with Gasteiger partial charge in [-0.15, -0.1) is 11.3 Å². The van der Waals surface area contributed by atoms with Gasteiger partial charge in [0.05, 0.1) is 11.4 Å². The Morgan fingerprint density at radius 2 is 1.23 bits per heavy atom. The van der Waals surface area contributed by atoms with Crippen molar-refractivity contribution in [3.8, 4) is 44.9 Å². The lowest BCUT2D eigenvalue weighted by Gasteiger charge is -2.23. The van der Waals surface area contributed by atoms with Gasteiger partial charge in [-0.3, -0.25) is 0 Å². The number of rotatable bonds is 7. The van der Waals surface area contributed by atoms with Crippen LogP contribution in [-0.2, 0) is 5.41 Å². The van der Waals surface area contributed by atoms with Crippen molar-refractivity contribution in [1.82, 2.24) is 9.97 Å². The molecule has 0 aliphatic heterocycles. The molecule has 2 aromatic heterocycles. The van der Waals surface area contributed by atoms with Crippen LogP contribution in [-0.4, -0.2) is 9.97 Å². The lowest BCUT2D eigenvalue weighted by atomic mass is 9.80. The van der Waals surface area contributed by atoms with Gasteiger partial charge in [-0.25, -0.2) is 9.97 Å². The molecule has 1 aliphatic rings. The van der Waals surface area contributed by atoms with Gasteiger partial charge in [0.2, 0.25) is 0 Å².